The number of urea groups is 1. The third-order valence-corrected chi connectivity index (χ3v) is 5.91. The highest BCUT2D eigenvalue weighted by Gasteiger charge is 2.31. The van der Waals surface area contributed by atoms with E-state index in [1.54, 1.807) is 25.6 Å². The molecule has 1 saturated heterocycles. The van der Waals surface area contributed by atoms with Gasteiger partial charge in [0.2, 0.25) is 0 Å². The summed E-state index contributed by atoms with van der Waals surface area (Å²) in [5.41, 5.74) is 2.07. The molecule has 146 valence electrons. The summed E-state index contributed by atoms with van der Waals surface area (Å²) >= 11 is 1.68. The van der Waals surface area contributed by atoms with Gasteiger partial charge in [0, 0.05) is 36.5 Å². The predicted octanol–water partition coefficient (Wildman–Crippen LogP) is 3.81. The van der Waals surface area contributed by atoms with Gasteiger partial charge in [-0.05, 0) is 31.4 Å². The van der Waals surface area contributed by atoms with E-state index in [0.717, 1.165) is 60.0 Å². The van der Waals surface area contributed by atoms with Gasteiger partial charge in [0.25, 0.3) is 0 Å². The number of amides is 2. The number of hydrogen-bond acceptors (Lipinski definition) is 5. The van der Waals surface area contributed by atoms with Crippen molar-refractivity contribution in [2.45, 2.75) is 38.6 Å². The van der Waals surface area contributed by atoms with Crippen LogP contribution in [0.5, 0.6) is 11.5 Å². The molecule has 1 aromatic heterocycles. The van der Waals surface area contributed by atoms with Crippen LogP contribution in [0.25, 0.3) is 0 Å². The van der Waals surface area contributed by atoms with E-state index in [4.69, 9.17) is 9.47 Å². The molecule has 1 aliphatic rings. The molecule has 1 fully saturated rings. The quantitative estimate of drug-likeness (QED) is 0.782. The minimum Gasteiger partial charge on any atom is -0.497 e. The number of hydrogen-bond donors (Lipinski definition) is 1. The molecule has 1 aromatic carbocycles. The molecule has 1 N–H and O–H groups in total. The maximum atomic E-state index is 12.7. The fourth-order valence-electron chi connectivity index (χ4n) is 3.45. The number of aryl methyl sites for hydroxylation is 1. The largest absolute Gasteiger partial charge is 0.497 e. The summed E-state index contributed by atoms with van der Waals surface area (Å²) in [4.78, 5) is 19.2. The summed E-state index contributed by atoms with van der Waals surface area (Å²) < 4.78 is 10.8. The van der Waals surface area contributed by atoms with E-state index in [2.05, 4.69) is 22.6 Å². The maximum absolute atomic E-state index is 12.7. The second-order valence-electron chi connectivity index (χ2n) is 6.53. The number of likely N-dealkylation sites (tertiary alicyclic amines) is 1. The van der Waals surface area contributed by atoms with E-state index >= 15 is 0 Å². The normalized spacial score (nSPS) is 16.4. The molecule has 0 bridgehead atoms. The van der Waals surface area contributed by atoms with Gasteiger partial charge in [0.15, 0.2) is 0 Å². The van der Waals surface area contributed by atoms with Crippen LogP contribution in [-0.2, 0) is 12.8 Å². The Morgan fingerprint density at radius 2 is 2.22 bits per heavy atom. The topological polar surface area (TPSA) is 63.7 Å². The molecule has 2 heterocycles. The molecule has 0 saturated carbocycles. The molecule has 6 nitrogen and oxygen atoms in total. The Morgan fingerprint density at radius 1 is 1.37 bits per heavy atom. The van der Waals surface area contributed by atoms with Gasteiger partial charge in [-0.2, -0.15) is 0 Å². The minimum atomic E-state index is -0.0266. The lowest BCUT2D eigenvalue weighted by Crippen LogP contribution is -2.40. The lowest BCUT2D eigenvalue weighted by Gasteiger charge is -2.26. The third kappa shape index (κ3) is 4.53. The van der Waals surface area contributed by atoms with Crippen LogP contribution >= 0.6 is 11.3 Å². The van der Waals surface area contributed by atoms with Gasteiger partial charge >= 0.3 is 6.03 Å². The van der Waals surface area contributed by atoms with Crippen LogP contribution in [0.15, 0.2) is 23.6 Å². The molecule has 0 radical (unpaired) electrons. The van der Waals surface area contributed by atoms with E-state index < -0.39 is 0 Å². The fourth-order valence-corrected chi connectivity index (χ4v) is 4.23. The molecule has 0 aliphatic carbocycles. The van der Waals surface area contributed by atoms with Gasteiger partial charge in [0.1, 0.15) is 11.5 Å². The molecule has 2 aromatic rings. The Kier molecular flexibility index (Phi) is 6.55. The Bertz CT molecular complexity index is 778. The first-order valence-electron chi connectivity index (χ1n) is 9.36. The Morgan fingerprint density at radius 3 is 2.93 bits per heavy atom. The fraction of sp³-hybridized carbons (Fsp3) is 0.500. The molecule has 1 unspecified atom stereocenters. The first-order chi connectivity index (χ1) is 13.2. The van der Waals surface area contributed by atoms with Crippen molar-refractivity contribution in [2.24, 2.45) is 0 Å². The Balaban J connectivity index is 1.62. The number of carbonyl (C=O) groups is 1. The van der Waals surface area contributed by atoms with Crippen molar-refractivity contribution in [3.63, 3.8) is 0 Å². The number of aromatic nitrogens is 1. The standard InChI is InChI=1S/C20H27N3O3S/c1-4-19-22-14(13-27-19)9-10-21-20(24)23-11-5-6-17(23)16-8-7-15(25-2)12-18(16)26-3/h7-8,12-13,17H,4-6,9-11H2,1-3H3,(H,21,24). The van der Waals surface area contributed by atoms with Crippen molar-refractivity contribution in [1.82, 2.24) is 15.2 Å². The van der Waals surface area contributed by atoms with Crippen LogP contribution in [0.4, 0.5) is 4.79 Å². The molecular weight excluding hydrogens is 362 g/mol. The monoisotopic (exact) mass is 389 g/mol. The summed E-state index contributed by atoms with van der Waals surface area (Å²) in [5, 5.41) is 6.26. The number of carbonyl (C=O) groups excluding carboxylic acids is 1. The number of nitrogens with zero attached hydrogens (tertiary/aromatic N) is 2. The molecule has 7 heteroatoms. The van der Waals surface area contributed by atoms with E-state index in [1.807, 2.05) is 23.1 Å². The SMILES string of the molecule is CCc1nc(CCNC(=O)N2CCCC2c2ccc(OC)cc2OC)cs1. The highest BCUT2D eigenvalue weighted by Crippen LogP contribution is 2.38. The first-order valence-corrected chi connectivity index (χ1v) is 10.2. The maximum Gasteiger partial charge on any atom is 0.317 e. The van der Waals surface area contributed by atoms with E-state index in [0.29, 0.717) is 6.54 Å². The van der Waals surface area contributed by atoms with E-state index in [-0.39, 0.29) is 12.1 Å². The second-order valence-corrected chi connectivity index (χ2v) is 7.47. The smallest absolute Gasteiger partial charge is 0.317 e. The lowest BCUT2D eigenvalue weighted by atomic mass is 10.0. The van der Waals surface area contributed by atoms with Crippen LogP contribution in [0, 0.1) is 0 Å². The van der Waals surface area contributed by atoms with Gasteiger partial charge in [-0.25, -0.2) is 9.78 Å². The molecule has 1 atom stereocenters. The minimum absolute atomic E-state index is 0.0248. The van der Waals surface area contributed by atoms with Crippen molar-refractivity contribution in [3.8, 4) is 11.5 Å². The van der Waals surface area contributed by atoms with Crippen LogP contribution < -0.4 is 14.8 Å². The lowest BCUT2D eigenvalue weighted by molar-refractivity contribution is 0.192. The molecule has 27 heavy (non-hydrogen) atoms. The zero-order valence-electron chi connectivity index (χ0n) is 16.2. The summed E-state index contributed by atoms with van der Waals surface area (Å²) in [6.07, 6.45) is 3.63. The number of benzene rings is 1. The van der Waals surface area contributed by atoms with E-state index in [1.165, 1.54) is 0 Å². The highest BCUT2D eigenvalue weighted by atomic mass is 32.1. The summed E-state index contributed by atoms with van der Waals surface area (Å²) in [7, 11) is 3.28. The van der Waals surface area contributed by atoms with Gasteiger partial charge in [-0.15, -0.1) is 11.3 Å². The number of rotatable bonds is 7. The van der Waals surface area contributed by atoms with Gasteiger partial charge < -0.3 is 19.7 Å². The Hall–Kier alpha value is -2.28. The van der Waals surface area contributed by atoms with Crippen molar-refractivity contribution in [3.05, 3.63) is 39.8 Å². The molecule has 2 amide bonds. The average molecular weight is 390 g/mol. The van der Waals surface area contributed by atoms with Crippen LogP contribution in [0.1, 0.15) is 42.1 Å². The van der Waals surface area contributed by atoms with Crippen LogP contribution in [0.3, 0.4) is 0 Å². The summed E-state index contributed by atoms with van der Waals surface area (Å²) in [6.45, 7) is 3.45. The van der Waals surface area contributed by atoms with Crippen molar-refractivity contribution >= 4 is 17.4 Å². The van der Waals surface area contributed by atoms with Crippen molar-refractivity contribution in [1.29, 1.82) is 0 Å². The Labute approximate surface area is 164 Å². The van der Waals surface area contributed by atoms with Gasteiger partial charge in [-0.1, -0.05) is 6.92 Å². The van der Waals surface area contributed by atoms with Gasteiger partial charge in [0.05, 0.1) is 31.0 Å². The van der Waals surface area contributed by atoms with Crippen molar-refractivity contribution in [2.75, 3.05) is 27.3 Å². The molecule has 1 aliphatic heterocycles. The number of thiazole rings is 1. The number of methoxy groups -OCH3 is 2. The number of ether oxygens (including phenoxy) is 2. The molecule has 3 rings (SSSR count). The van der Waals surface area contributed by atoms with Crippen molar-refractivity contribution < 1.29 is 14.3 Å². The van der Waals surface area contributed by atoms with Gasteiger partial charge in [-0.3, -0.25) is 0 Å². The summed E-state index contributed by atoms with van der Waals surface area (Å²) in [6, 6.07) is 5.78. The second kappa shape index (κ2) is 9.08. The average Bonchev–Trinajstić information content (AvgIpc) is 3.36. The predicted molar refractivity (Wildman–Crippen MR) is 107 cm³/mol. The molecule has 0 spiro atoms. The first kappa shape index (κ1) is 19.5. The zero-order chi connectivity index (χ0) is 19.2. The third-order valence-electron chi connectivity index (χ3n) is 4.87. The summed E-state index contributed by atoms with van der Waals surface area (Å²) in [5.74, 6) is 1.51. The van der Waals surface area contributed by atoms with Crippen LogP contribution in [0.2, 0.25) is 0 Å². The van der Waals surface area contributed by atoms with E-state index in [9.17, 15) is 4.79 Å². The zero-order valence-corrected chi connectivity index (χ0v) is 17.0. The van der Waals surface area contributed by atoms with Crippen LogP contribution in [-0.4, -0.2) is 43.2 Å². The molecular formula is C20H27N3O3S. The number of nitrogens with one attached hydrogen (secondary N) is 1. The highest BCUT2D eigenvalue weighted by molar-refractivity contribution is 7.09.